The van der Waals surface area contributed by atoms with Crippen LogP contribution in [0, 0.1) is 0 Å². The molecular weight excluding hydrogens is 389 g/mol. The van der Waals surface area contributed by atoms with Crippen LogP contribution in [-0.2, 0) is 0 Å². The number of ether oxygens (including phenoxy) is 2. The summed E-state index contributed by atoms with van der Waals surface area (Å²) in [7, 11) is 3.05. The number of nitrogens with one attached hydrogen (secondary N) is 1. The van der Waals surface area contributed by atoms with E-state index in [2.05, 4.69) is 26.1 Å². The van der Waals surface area contributed by atoms with Crippen LogP contribution >= 0.6 is 15.9 Å². The maximum absolute atomic E-state index is 12.8. The van der Waals surface area contributed by atoms with Crippen molar-refractivity contribution in [2.75, 3.05) is 40.4 Å². The van der Waals surface area contributed by atoms with Crippen LogP contribution < -0.4 is 14.8 Å². The van der Waals surface area contributed by atoms with Gasteiger partial charge in [0, 0.05) is 43.1 Å². The minimum atomic E-state index is -4.17. The predicted molar refractivity (Wildman–Crippen MR) is 89.7 cm³/mol. The zero-order valence-corrected chi connectivity index (χ0v) is 15.3. The van der Waals surface area contributed by atoms with Gasteiger partial charge in [-0.1, -0.05) is 15.9 Å². The highest BCUT2D eigenvalue weighted by atomic mass is 79.9. The molecule has 2 rings (SSSR count). The van der Waals surface area contributed by atoms with E-state index in [1.54, 1.807) is 12.1 Å². The molecule has 1 heterocycles. The molecule has 1 aliphatic rings. The molecule has 0 saturated carbocycles. The highest BCUT2D eigenvalue weighted by Crippen LogP contribution is 2.40. The molecule has 0 spiro atoms. The first kappa shape index (κ1) is 19.3. The lowest BCUT2D eigenvalue weighted by Gasteiger charge is -2.36. The summed E-state index contributed by atoms with van der Waals surface area (Å²) < 4.78 is 49.6. The van der Waals surface area contributed by atoms with Gasteiger partial charge < -0.3 is 14.8 Å². The number of nitrogens with zero attached hydrogens (tertiary/aromatic N) is 1. The molecule has 1 atom stereocenters. The van der Waals surface area contributed by atoms with Gasteiger partial charge in [0.05, 0.1) is 14.2 Å². The highest BCUT2D eigenvalue weighted by Gasteiger charge is 2.32. The summed E-state index contributed by atoms with van der Waals surface area (Å²) >= 11 is 3.48. The average molecular weight is 411 g/mol. The molecule has 1 saturated heterocycles. The third kappa shape index (κ3) is 5.00. The Hall–Kier alpha value is -0.990. The number of benzene rings is 1. The van der Waals surface area contributed by atoms with Crippen molar-refractivity contribution in [3.8, 4) is 11.5 Å². The van der Waals surface area contributed by atoms with Crippen LogP contribution in [0.2, 0.25) is 0 Å². The monoisotopic (exact) mass is 410 g/mol. The lowest BCUT2D eigenvalue weighted by molar-refractivity contribution is -0.138. The second kappa shape index (κ2) is 8.40. The van der Waals surface area contributed by atoms with Crippen LogP contribution in [0.15, 0.2) is 16.6 Å². The maximum atomic E-state index is 12.8. The largest absolute Gasteiger partial charge is 0.493 e. The molecule has 1 aliphatic heterocycles. The Kier molecular flexibility index (Phi) is 6.77. The molecule has 1 aromatic rings. The first-order chi connectivity index (χ1) is 11.4. The predicted octanol–water partition coefficient (Wildman–Crippen LogP) is 3.76. The lowest BCUT2D eigenvalue weighted by Crippen LogP contribution is -2.45. The van der Waals surface area contributed by atoms with E-state index in [4.69, 9.17) is 9.47 Å². The van der Waals surface area contributed by atoms with Crippen molar-refractivity contribution in [3.05, 3.63) is 22.2 Å². The van der Waals surface area contributed by atoms with Gasteiger partial charge in [-0.05, 0) is 24.1 Å². The van der Waals surface area contributed by atoms with Crippen LogP contribution in [0.3, 0.4) is 0 Å². The van der Waals surface area contributed by atoms with E-state index in [1.165, 1.54) is 14.2 Å². The quantitative estimate of drug-likeness (QED) is 0.773. The van der Waals surface area contributed by atoms with Gasteiger partial charge in [-0.25, -0.2) is 0 Å². The van der Waals surface area contributed by atoms with Crippen LogP contribution in [0.4, 0.5) is 13.2 Å². The fourth-order valence-corrected chi connectivity index (χ4v) is 3.54. The number of hydrogen-bond donors (Lipinski definition) is 1. The Bertz CT molecular complexity index is 549. The number of piperazine rings is 1. The van der Waals surface area contributed by atoms with Gasteiger partial charge in [-0.3, -0.25) is 4.90 Å². The summed E-state index contributed by atoms with van der Waals surface area (Å²) in [5.74, 6) is 1.06. The minimum absolute atomic E-state index is 0.0115. The normalized spacial score (nSPS) is 17.6. The Morgan fingerprint density at radius 1 is 1.17 bits per heavy atom. The number of alkyl halides is 3. The first-order valence-electron chi connectivity index (χ1n) is 7.78. The second-order valence-electron chi connectivity index (χ2n) is 5.68. The van der Waals surface area contributed by atoms with Crippen LogP contribution in [0.1, 0.15) is 24.4 Å². The van der Waals surface area contributed by atoms with E-state index in [0.29, 0.717) is 24.6 Å². The molecule has 1 fully saturated rings. The molecule has 8 heteroatoms. The fourth-order valence-electron chi connectivity index (χ4n) is 2.95. The van der Waals surface area contributed by atoms with Gasteiger partial charge in [-0.15, -0.1) is 0 Å². The van der Waals surface area contributed by atoms with E-state index < -0.39 is 12.6 Å². The molecule has 0 amide bonds. The molecule has 24 heavy (non-hydrogen) atoms. The SMILES string of the molecule is COc1cc(Br)c([C@@H](CCC(F)(F)F)N2CCNCC2)cc1OC. The standard InChI is InChI=1S/C16H22BrF3N2O2/c1-23-14-9-11(12(17)10-15(14)24-2)13(3-4-16(18,19)20)22-7-5-21-6-8-22/h9-10,13,21H,3-8H2,1-2H3/t13-/m1/s1. The van der Waals surface area contributed by atoms with Gasteiger partial charge in [0.2, 0.25) is 0 Å². The summed E-state index contributed by atoms with van der Waals surface area (Å²) in [6.45, 7) is 2.97. The summed E-state index contributed by atoms with van der Waals surface area (Å²) in [5.41, 5.74) is 0.791. The van der Waals surface area contributed by atoms with Gasteiger partial charge in [0.1, 0.15) is 0 Å². The van der Waals surface area contributed by atoms with E-state index >= 15 is 0 Å². The van der Waals surface area contributed by atoms with E-state index in [0.717, 1.165) is 23.1 Å². The van der Waals surface area contributed by atoms with Crippen molar-refractivity contribution in [1.82, 2.24) is 10.2 Å². The summed E-state index contributed by atoms with van der Waals surface area (Å²) in [6, 6.07) is 3.19. The topological polar surface area (TPSA) is 33.7 Å². The smallest absolute Gasteiger partial charge is 0.389 e. The fraction of sp³-hybridized carbons (Fsp3) is 0.625. The van der Waals surface area contributed by atoms with Crippen molar-refractivity contribution in [2.24, 2.45) is 0 Å². The molecule has 0 aliphatic carbocycles. The zero-order valence-electron chi connectivity index (χ0n) is 13.8. The van der Waals surface area contributed by atoms with Crippen LogP contribution in [-0.4, -0.2) is 51.5 Å². The lowest BCUT2D eigenvalue weighted by atomic mass is 9.98. The Labute approximate surface area is 148 Å². The third-order valence-electron chi connectivity index (χ3n) is 4.16. The van der Waals surface area contributed by atoms with Gasteiger partial charge in [0.25, 0.3) is 0 Å². The molecule has 0 bridgehead atoms. The molecule has 0 radical (unpaired) electrons. The molecule has 0 unspecified atom stereocenters. The first-order valence-corrected chi connectivity index (χ1v) is 8.58. The molecule has 1 N–H and O–H groups in total. The molecule has 0 aromatic heterocycles. The van der Waals surface area contributed by atoms with Crippen LogP contribution in [0.5, 0.6) is 11.5 Å². The van der Waals surface area contributed by atoms with E-state index in [9.17, 15) is 13.2 Å². The van der Waals surface area contributed by atoms with E-state index in [-0.39, 0.29) is 12.5 Å². The average Bonchev–Trinajstić information content (AvgIpc) is 2.55. The van der Waals surface area contributed by atoms with Gasteiger partial charge in [0.15, 0.2) is 11.5 Å². The molecular formula is C16H22BrF3N2O2. The number of methoxy groups -OCH3 is 2. The van der Waals surface area contributed by atoms with Gasteiger partial charge >= 0.3 is 6.18 Å². The van der Waals surface area contributed by atoms with Crippen molar-refractivity contribution in [2.45, 2.75) is 25.1 Å². The number of halogens is 4. The van der Waals surface area contributed by atoms with E-state index in [1.807, 2.05) is 0 Å². The van der Waals surface area contributed by atoms with Crippen molar-refractivity contribution < 1.29 is 22.6 Å². The molecule has 4 nitrogen and oxygen atoms in total. The third-order valence-corrected chi connectivity index (χ3v) is 4.84. The Morgan fingerprint density at radius 2 is 1.75 bits per heavy atom. The van der Waals surface area contributed by atoms with Crippen molar-refractivity contribution in [1.29, 1.82) is 0 Å². The zero-order chi connectivity index (χ0) is 17.7. The summed E-state index contributed by atoms with van der Waals surface area (Å²) in [4.78, 5) is 2.09. The Morgan fingerprint density at radius 3 is 2.29 bits per heavy atom. The van der Waals surface area contributed by atoms with Gasteiger partial charge in [-0.2, -0.15) is 13.2 Å². The Balaban J connectivity index is 2.34. The second-order valence-corrected chi connectivity index (χ2v) is 6.54. The van der Waals surface area contributed by atoms with Crippen molar-refractivity contribution in [3.63, 3.8) is 0 Å². The van der Waals surface area contributed by atoms with Crippen molar-refractivity contribution >= 4 is 15.9 Å². The maximum Gasteiger partial charge on any atom is 0.389 e. The summed E-state index contributed by atoms with van der Waals surface area (Å²) in [6.07, 6.45) is -4.98. The summed E-state index contributed by atoms with van der Waals surface area (Å²) in [5, 5.41) is 3.23. The number of rotatable bonds is 6. The molecule has 1 aromatic carbocycles. The van der Waals surface area contributed by atoms with Crippen LogP contribution in [0.25, 0.3) is 0 Å². The molecule has 136 valence electrons. The number of hydrogen-bond acceptors (Lipinski definition) is 4. The highest BCUT2D eigenvalue weighted by molar-refractivity contribution is 9.10. The minimum Gasteiger partial charge on any atom is -0.493 e.